The summed E-state index contributed by atoms with van der Waals surface area (Å²) in [6.45, 7) is 5.84. The zero-order valence-corrected chi connectivity index (χ0v) is 12.2. The average molecular weight is 265 g/mol. The van der Waals surface area contributed by atoms with Crippen molar-refractivity contribution in [1.82, 2.24) is 0 Å². The summed E-state index contributed by atoms with van der Waals surface area (Å²) in [7, 11) is 0. The molecule has 0 aliphatic rings. The van der Waals surface area contributed by atoms with Gasteiger partial charge in [0.1, 0.15) is 5.75 Å². The zero-order valence-electron chi connectivity index (χ0n) is 12.2. The molecule has 0 radical (unpaired) electrons. The Hall–Kier alpha value is -1.10. The summed E-state index contributed by atoms with van der Waals surface area (Å²) in [5, 5.41) is 10.3. The summed E-state index contributed by atoms with van der Waals surface area (Å²) in [6, 6.07) is 4.13. The van der Waals surface area contributed by atoms with Crippen molar-refractivity contribution in [2.75, 3.05) is 0 Å². The van der Waals surface area contributed by atoms with Crippen LogP contribution in [0.15, 0.2) is 12.1 Å². The minimum absolute atomic E-state index is 0.0135. The lowest BCUT2D eigenvalue weighted by molar-refractivity contribution is 0.455. The molecule has 0 aliphatic heterocycles. The molecule has 0 amide bonds. The van der Waals surface area contributed by atoms with E-state index in [0.29, 0.717) is 18.6 Å². The molecule has 1 aromatic carbocycles. The van der Waals surface area contributed by atoms with E-state index in [1.165, 1.54) is 0 Å². The third-order valence-electron chi connectivity index (χ3n) is 2.97. The normalized spacial score (nSPS) is 16.1. The van der Waals surface area contributed by atoms with Crippen LogP contribution >= 0.6 is 0 Å². The molecular formula is C15H27N3O. The molecule has 0 bridgehead atoms. The van der Waals surface area contributed by atoms with Gasteiger partial charge in [0.2, 0.25) is 0 Å². The van der Waals surface area contributed by atoms with Gasteiger partial charge in [-0.15, -0.1) is 0 Å². The van der Waals surface area contributed by atoms with Gasteiger partial charge in [-0.3, -0.25) is 0 Å². The maximum absolute atomic E-state index is 10.3. The van der Waals surface area contributed by atoms with Gasteiger partial charge in [-0.2, -0.15) is 0 Å². The molecule has 7 N–H and O–H groups in total. The molecule has 4 heteroatoms. The molecule has 4 nitrogen and oxygen atoms in total. The lowest BCUT2D eigenvalue weighted by Crippen LogP contribution is -2.21. The first-order valence-electron chi connectivity index (χ1n) is 6.90. The molecule has 1 rings (SSSR count). The third-order valence-corrected chi connectivity index (χ3v) is 2.97. The van der Waals surface area contributed by atoms with E-state index in [1.54, 1.807) is 0 Å². The van der Waals surface area contributed by atoms with Gasteiger partial charge in [-0.25, -0.2) is 0 Å². The average Bonchev–Trinajstić information content (AvgIpc) is 2.22. The van der Waals surface area contributed by atoms with Crippen molar-refractivity contribution < 1.29 is 5.11 Å². The first-order chi connectivity index (χ1) is 8.79. The van der Waals surface area contributed by atoms with Crippen LogP contribution in [0.4, 0.5) is 0 Å². The van der Waals surface area contributed by atoms with Gasteiger partial charge in [0.25, 0.3) is 0 Å². The molecule has 3 unspecified atom stereocenters. The number of aromatic hydroxyl groups is 1. The third kappa shape index (κ3) is 5.19. The van der Waals surface area contributed by atoms with E-state index in [9.17, 15) is 5.11 Å². The monoisotopic (exact) mass is 265 g/mol. The Morgan fingerprint density at radius 1 is 0.842 bits per heavy atom. The van der Waals surface area contributed by atoms with Crippen LogP contribution in [0.5, 0.6) is 5.75 Å². The minimum atomic E-state index is 0.0135. The highest BCUT2D eigenvalue weighted by Crippen LogP contribution is 2.27. The number of nitrogens with two attached hydrogens (primary N) is 3. The van der Waals surface area contributed by atoms with Gasteiger partial charge in [0.05, 0.1) is 0 Å². The molecule has 0 spiro atoms. The second-order valence-electron chi connectivity index (χ2n) is 5.81. The maximum Gasteiger partial charge on any atom is 0.122 e. The van der Waals surface area contributed by atoms with Crippen molar-refractivity contribution in [2.24, 2.45) is 17.2 Å². The topological polar surface area (TPSA) is 98.3 Å². The highest BCUT2D eigenvalue weighted by molar-refractivity contribution is 5.45. The van der Waals surface area contributed by atoms with Gasteiger partial charge in [-0.1, -0.05) is 12.1 Å². The summed E-state index contributed by atoms with van der Waals surface area (Å²) in [5.41, 5.74) is 20.4. The van der Waals surface area contributed by atoms with Gasteiger partial charge < -0.3 is 22.3 Å². The SMILES string of the molecule is CC(N)Cc1cc(CC(C)N)c(O)c(CC(C)N)c1. The second kappa shape index (κ2) is 6.89. The minimum Gasteiger partial charge on any atom is -0.507 e. The van der Waals surface area contributed by atoms with E-state index in [1.807, 2.05) is 32.9 Å². The first kappa shape index (κ1) is 16.0. The van der Waals surface area contributed by atoms with Crippen molar-refractivity contribution in [3.05, 3.63) is 28.8 Å². The Morgan fingerprint density at radius 3 is 1.53 bits per heavy atom. The molecule has 108 valence electrons. The molecule has 0 aliphatic carbocycles. The highest BCUT2D eigenvalue weighted by Gasteiger charge is 2.13. The Bertz CT molecular complexity index is 383. The van der Waals surface area contributed by atoms with Crippen LogP contribution in [0.3, 0.4) is 0 Å². The van der Waals surface area contributed by atoms with Crippen LogP contribution in [0.25, 0.3) is 0 Å². The van der Waals surface area contributed by atoms with Crippen LogP contribution in [0.1, 0.15) is 37.5 Å². The van der Waals surface area contributed by atoms with Crippen molar-refractivity contribution >= 4 is 0 Å². The van der Waals surface area contributed by atoms with Crippen LogP contribution < -0.4 is 17.2 Å². The molecular weight excluding hydrogens is 238 g/mol. The predicted octanol–water partition coefficient (Wildman–Crippen LogP) is 1.06. The molecule has 0 fully saturated rings. The first-order valence-corrected chi connectivity index (χ1v) is 6.90. The molecule has 0 saturated carbocycles. The van der Waals surface area contributed by atoms with Crippen LogP contribution in [0, 0.1) is 0 Å². The number of phenols is 1. The quantitative estimate of drug-likeness (QED) is 0.618. The molecule has 0 heterocycles. The number of hydrogen-bond donors (Lipinski definition) is 4. The lowest BCUT2D eigenvalue weighted by atomic mass is 9.94. The van der Waals surface area contributed by atoms with Crippen LogP contribution in [0.2, 0.25) is 0 Å². The summed E-state index contributed by atoms with van der Waals surface area (Å²) in [4.78, 5) is 0. The number of phenolic OH excluding ortho intramolecular Hbond substituents is 1. The second-order valence-corrected chi connectivity index (χ2v) is 5.81. The Balaban J connectivity index is 3.13. The molecule has 0 saturated heterocycles. The molecule has 1 aromatic rings. The van der Waals surface area contributed by atoms with Gasteiger partial charge in [0, 0.05) is 18.1 Å². The summed E-state index contributed by atoms with van der Waals surface area (Å²) >= 11 is 0. The summed E-state index contributed by atoms with van der Waals surface area (Å²) < 4.78 is 0. The number of hydrogen-bond acceptors (Lipinski definition) is 4. The fourth-order valence-electron chi connectivity index (χ4n) is 2.33. The van der Waals surface area contributed by atoms with Gasteiger partial charge >= 0.3 is 0 Å². The largest absolute Gasteiger partial charge is 0.507 e. The van der Waals surface area contributed by atoms with Crippen molar-refractivity contribution in [1.29, 1.82) is 0 Å². The number of benzene rings is 1. The van der Waals surface area contributed by atoms with Gasteiger partial charge in [-0.05, 0) is 56.7 Å². The smallest absolute Gasteiger partial charge is 0.122 e. The highest BCUT2D eigenvalue weighted by atomic mass is 16.3. The van der Waals surface area contributed by atoms with E-state index in [-0.39, 0.29) is 18.1 Å². The van der Waals surface area contributed by atoms with Crippen molar-refractivity contribution in [3.63, 3.8) is 0 Å². The van der Waals surface area contributed by atoms with Crippen molar-refractivity contribution in [3.8, 4) is 5.75 Å². The summed E-state index contributed by atoms with van der Waals surface area (Å²) in [5.74, 6) is 0.336. The summed E-state index contributed by atoms with van der Waals surface area (Å²) in [6.07, 6.45) is 2.10. The zero-order chi connectivity index (χ0) is 14.6. The Morgan fingerprint density at radius 2 is 1.21 bits per heavy atom. The lowest BCUT2D eigenvalue weighted by Gasteiger charge is -2.16. The van der Waals surface area contributed by atoms with E-state index in [2.05, 4.69) is 0 Å². The maximum atomic E-state index is 10.3. The molecule has 0 aromatic heterocycles. The molecule has 19 heavy (non-hydrogen) atoms. The van der Waals surface area contributed by atoms with E-state index in [0.717, 1.165) is 23.1 Å². The Kier molecular flexibility index (Phi) is 5.79. The fourth-order valence-corrected chi connectivity index (χ4v) is 2.33. The van der Waals surface area contributed by atoms with E-state index >= 15 is 0 Å². The predicted molar refractivity (Wildman–Crippen MR) is 80.2 cm³/mol. The van der Waals surface area contributed by atoms with Crippen molar-refractivity contribution in [2.45, 2.75) is 58.2 Å². The van der Waals surface area contributed by atoms with E-state index in [4.69, 9.17) is 17.2 Å². The van der Waals surface area contributed by atoms with Crippen LogP contribution in [-0.4, -0.2) is 23.2 Å². The van der Waals surface area contributed by atoms with Gasteiger partial charge in [0.15, 0.2) is 0 Å². The van der Waals surface area contributed by atoms with Crippen LogP contribution in [-0.2, 0) is 19.3 Å². The number of rotatable bonds is 6. The molecule has 3 atom stereocenters. The van der Waals surface area contributed by atoms with E-state index < -0.39 is 0 Å². The Labute approximate surface area is 116 Å². The fraction of sp³-hybridized carbons (Fsp3) is 0.600. The standard InChI is InChI=1S/C15H27N3O/c1-9(16)4-12-7-13(5-10(2)17)15(19)14(8-12)6-11(3)18/h7-11,19H,4-6,16-18H2,1-3H3.